The number of amidine groups is 1. The third-order valence-corrected chi connectivity index (χ3v) is 5.18. The number of carbonyl (C=O) groups is 1. The molecule has 1 aromatic heterocycles. The highest BCUT2D eigenvalue weighted by molar-refractivity contribution is 8.93. The average Bonchev–Trinajstić information content (AvgIpc) is 2.89. The number of halogens is 2. The molecule has 1 aliphatic heterocycles. The maximum absolute atomic E-state index is 13.1. The summed E-state index contributed by atoms with van der Waals surface area (Å²) in [6.07, 6.45) is 1.71. The molecular formula is C23H31Br2N3O2. The number of nitrogens with one attached hydrogen (secondary N) is 1. The zero-order valence-electron chi connectivity index (χ0n) is 18.4. The van der Waals surface area contributed by atoms with Crippen molar-refractivity contribution in [3.05, 3.63) is 58.4 Å². The quantitative estimate of drug-likeness (QED) is 0.499. The van der Waals surface area contributed by atoms with E-state index in [1.807, 2.05) is 53.7 Å². The van der Waals surface area contributed by atoms with Crippen LogP contribution < -0.4 is 0 Å². The Labute approximate surface area is 200 Å². The van der Waals surface area contributed by atoms with Gasteiger partial charge in [-0.2, -0.15) is 0 Å². The number of hydrogen-bond donors (Lipinski definition) is 2. The Morgan fingerprint density at radius 3 is 2.10 bits per heavy atom. The number of ketones is 1. The predicted octanol–water partition coefficient (Wildman–Crippen LogP) is 5.56. The number of fused-ring (bicyclic) bond motifs is 1. The standard InChI is InChI=1S/C23H29N3O2.2BrH/c1-22(2,3)16-10-14(11-17(20(16)28)23(4,5)6)19(27)13-26-12-18-15(21(26)24)8-7-9-25-18;;/h7-11,24,28H,12-13H2,1-6H3;2*1H. The van der Waals surface area contributed by atoms with E-state index in [4.69, 9.17) is 5.41 Å². The van der Waals surface area contributed by atoms with Gasteiger partial charge in [-0.05, 0) is 35.1 Å². The molecule has 3 rings (SSSR count). The monoisotopic (exact) mass is 539 g/mol. The number of nitrogens with zero attached hydrogens (tertiary/aromatic N) is 2. The fraction of sp³-hybridized carbons (Fsp3) is 0.435. The van der Waals surface area contributed by atoms with E-state index in [1.54, 1.807) is 23.2 Å². The molecule has 0 spiro atoms. The van der Waals surface area contributed by atoms with E-state index >= 15 is 0 Å². The number of aromatic nitrogens is 1. The van der Waals surface area contributed by atoms with Crippen LogP contribution in [0.1, 0.15) is 74.3 Å². The summed E-state index contributed by atoms with van der Waals surface area (Å²) in [6.45, 7) is 12.8. The molecule has 2 heterocycles. The van der Waals surface area contributed by atoms with Gasteiger partial charge in [0.15, 0.2) is 5.78 Å². The van der Waals surface area contributed by atoms with E-state index in [-0.39, 0.29) is 62.9 Å². The van der Waals surface area contributed by atoms with Gasteiger partial charge in [-0.25, -0.2) is 0 Å². The SMILES string of the molecule is Br.Br.CC(C)(C)c1cc(C(=O)CN2Cc3ncccc3C2=N)cc(C(C)(C)C)c1O. The number of aromatic hydroxyl groups is 1. The molecular weight excluding hydrogens is 510 g/mol. The summed E-state index contributed by atoms with van der Waals surface area (Å²) in [5.74, 6) is 0.540. The van der Waals surface area contributed by atoms with Crippen LogP contribution in [-0.2, 0) is 17.4 Å². The molecule has 0 unspecified atom stereocenters. The van der Waals surface area contributed by atoms with Gasteiger partial charge < -0.3 is 10.0 Å². The first kappa shape index (κ1) is 26.3. The maximum Gasteiger partial charge on any atom is 0.182 e. The highest BCUT2D eigenvalue weighted by Crippen LogP contribution is 2.40. The van der Waals surface area contributed by atoms with E-state index in [0.29, 0.717) is 17.9 Å². The van der Waals surface area contributed by atoms with Gasteiger partial charge in [0.1, 0.15) is 11.6 Å². The molecule has 0 saturated carbocycles. The Hall–Kier alpha value is -1.73. The molecule has 30 heavy (non-hydrogen) atoms. The minimum atomic E-state index is -0.291. The molecule has 0 atom stereocenters. The summed E-state index contributed by atoms with van der Waals surface area (Å²) in [4.78, 5) is 19.2. The van der Waals surface area contributed by atoms with Crippen LogP contribution in [0.3, 0.4) is 0 Å². The molecule has 7 heteroatoms. The first-order valence-corrected chi connectivity index (χ1v) is 9.58. The first-order valence-electron chi connectivity index (χ1n) is 9.58. The lowest BCUT2D eigenvalue weighted by Crippen LogP contribution is -2.30. The molecule has 2 aromatic rings. The van der Waals surface area contributed by atoms with Gasteiger partial charge in [0.2, 0.25) is 0 Å². The van der Waals surface area contributed by atoms with Crippen molar-refractivity contribution in [1.29, 1.82) is 5.41 Å². The van der Waals surface area contributed by atoms with Crippen molar-refractivity contribution >= 4 is 45.6 Å². The van der Waals surface area contributed by atoms with Crippen molar-refractivity contribution in [3.63, 3.8) is 0 Å². The number of carbonyl (C=O) groups excluding carboxylic acids is 1. The molecule has 1 aromatic carbocycles. The zero-order valence-corrected chi connectivity index (χ0v) is 21.8. The largest absolute Gasteiger partial charge is 0.507 e. The number of rotatable bonds is 3. The van der Waals surface area contributed by atoms with Gasteiger partial charge in [0, 0.05) is 28.5 Å². The molecule has 1 aliphatic rings. The Bertz CT molecular complexity index is 925. The number of hydrogen-bond acceptors (Lipinski definition) is 4. The topological polar surface area (TPSA) is 77.3 Å². The summed E-state index contributed by atoms with van der Waals surface area (Å²) in [6, 6.07) is 7.28. The molecule has 0 amide bonds. The van der Waals surface area contributed by atoms with Crippen LogP contribution in [0.2, 0.25) is 0 Å². The van der Waals surface area contributed by atoms with Crippen molar-refractivity contribution in [3.8, 4) is 5.75 Å². The lowest BCUT2D eigenvalue weighted by Gasteiger charge is -2.28. The average molecular weight is 541 g/mol. The van der Waals surface area contributed by atoms with Crippen LogP contribution in [0.15, 0.2) is 30.5 Å². The van der Waals surface area contributed by atoms with Gasteiger partial charge in [-0.15, -0.1) is 34.0 Å². The summed E-state index contributed by atoms with van der Waals surface area (Å²) < 4.78 is 0. The van der Waals surface area contributed by atoms with Crippen molar-refractivity contribution in [1.82, 2.24) is 9.88 Å². The van der Waals surface area contributed by atoms with Gasteiger partial charge in [0.25, 0.3) is 0 Å². The first-order chi connectivity index (χ1) is 12.9. The van der Waals surface area contributed by atoms with Crippen LogP contribution in [0.25, 0.3) is 0 Å². The number of phenols is 1. The third kappa shape index (κ3) is 5.11. The second kappa shape index (κ2) is 9.18. The minimum Gasteiger partial charge on any atom is -0.507 e. The Morgan fingerprint density at radius 2 is 1.63 bits per heavy atom. The van der Waals surface area contributed by atoms with Gasteiger partial charge >= 0.3 is 0 Å². The van der Waals surface area contributed by atoms with Crippen LogP contribution in [-0.4, -0.2) is 33.2 Å². The fourth-order valence-corrected chi connectivity index (χ4v) is 3.55. The second-order valence-corrected chi connectivity index (χ2v) is 9.55. The number of benzene rings is 1. The molecule has 0 aliphatic carbocycles. The Morgan fingerprint density at radius 1 is 1.10 bits per heavy atom. The summed E-state index contributed by atoms with van der Waals surface area (Å²) in [5, 5.41) is 19.2. The van der Waals surface area contributed by atoms with Crippen LogP contribution in [0.4, 0.5) is 0 Å². The molecule has 2 N–H and O–H groups in total. The van der Waals surface area contributed by atoms with Crippen molar-refractivity contribution < 1.29 is 9.90 Å². The number of Topliss-reactive ketones (excluding diaryl/α,β-unsaturated/α-hetero) is 1. The van der Waals surface area contributed by atoms with Crippen LogP contribution >= 0.6 is 34.0 Å². The van der Waals surface area contributed by atoms with E-state index < -0.39 is 0 Å². The summed E-state index contributed by atoms with van der Waals surface area (Å²) >= 11 is 0. The van der Waals surface area contributed by atoms with Gasteiger partial charge in [-0.3, -0.25) is 15.2 Å². The van der Waals surface area contributed by atoms with Crippen molar-refractivity contribution in [2.24, 2.45) is 0 Å². The summed E-state index contributed by atoms with van der Waals surface area (Å²) in [7, 11) is 0. The van der Waals surface area contributed by atoms with Gasteiger partial charge in [0.05, 0.1) is 18.8 Å². The molecule has 164 valence electrons. The molecule has 0 bridgehead atoms. The van der Waals surface area contributed by atoms with E-state index in [2.05, 4.69) is 4.98 Å². The van der Waals surface area contributed by atoms with E-state index in [0.717, 1.165) is 22.4 Å². The lowest BCUT2D eigenvalue weighted by molar-refractivity contribution is 0.0962. The molecule has 0 fully saturated rings. The molecule has 0 radical (unpaired) electrons. The number of phenolic OH excluding ortho intramolecular Hbond substituents is 1. The Kier molecular flexibility index (Phi) is 8.05. The normalized spacial score (nSPS) is 13.4. The van der Waals surface area contributed by atoms with Crippen molar-refractivity contribution in [2.75, 3.05) is 6.54 Å². The third-order valence-electron chi connectivity index (χ3n) is 5.18. The van der Waals surface area contributed by atoms with E-state index in [1.165, 1.54) is 0 Å². The second-order valence-electron chi connectivity index (χ2n) is 9.55. The zero-order chi connectivity index (χ0) is 20.9. The van der Waals surface area contributed by atoms with Gasteiger partial charge in [-0.1, -0.05) is 41.5 Å². The maximum atomic E-state index is 13.1. The predicted molar refractivity (Wildman–Crippen MR) is 132 cm³/mol. The van der Waals surface area contributed by atoms with Crippen LogP contribution in [0, 0.1) is 5.41 Å². The minimum absolute atomic E-state index is 0. The fourth-order valence-electron chi connectivity index (χ4n) is 3.55. The smallest absolute Gasteiger partial charge is 0.182 e. The Balaban J connectivity index is 0.00000225. The number of pyridine rings is 1. The lowest BCUT2D eigenvalue weighted by atomic mass is 9.78. The van der Waals surface area contributed by atoms with Crippen LogP contribution in [0.5, 0.6) is 5.75 Å². The highest BCUT2D eigenvalue weighted by atomic mass is 79.9. The summed E-state index contributed by atoms with van der Waals surface area (Å²) in [5.41, 5.74) is 3.14. The van der Waals surface area contributed by atoms with Crippen molar-refractivity contribution in [2.45, 2.75) is 58.9 Å². The molecule has 0 saturated heterocycles. The van der Waals surface area contributed by atoms with E-state index in [9.17, 15) is 9.90 Å². The molecule has 5 nitrogen and oxygen atoms in total. The highest BCUT2D eigenvalue weighted by Gasteiger charge is 2.30.